The van der Waals surface area contributed by atoms with Crippen LogP contribution in [0.25, 0.3) is 0 Å². The van der Waals surface area contributed by atoms with Crippen molar-refractivity contribution in [1.29, 1.82) is 0 Å². The summed E-state index contributed by atoms with van der Waals surface area (Å²) in [5.41, 5.74) is 6.42. The van der Waals surface area contributed by atoms with Gasteiger partial charge in [-0.05, 0) is 17.9 Å². The highest BCUT2D eigenvalue weighted by molar-refractivity contribution is 5.48. The maximum Gasteiger partial charge on any atom is 0.128 e. The summed E-state index contributed by atoms with van der Waals surface area (Å²) in [6, 6.07) is 3.49. The summed E-state index contributed by atoms with van der Waals surface area (Å²) >= 11 is 0. The average Bonchev–Trinajstić information content (AvgIpc) is 2.12. The standard InChI is InChI=1S/C12H21N3O/c1-12(2,3)7-10(16)8-15-11-6-9(13)4-5-14-11/h4-6,10,16H,7-8H2,1-3H3,(H3,13,14,15). The molecule has 0 amide bonds. The maximum atomic E-state index is 9.79. The largest absolute Gasteiger partial charge is 0.399 e. The lowest BCUT2D eigenvalue weighted by atomic mass is 9.89. The first-order chi connectivity index (χ1) is 7.37. The molecule has 1 atom stereocenters. The molecule has 0 aliphatic rings. The molecule has 1 rings (SSSR count). The van der Waals surface area contributed by atoms with Crippen molar-refractivity contribution in [3.05, 3.63) is 18.3 Å². The first-order valence-corrected chi connectivity index (χ1v) is 5.50. The number of hydrogen-bond donors (Lipinski definition) is 3. The third-order valence-electron chi connectivity index (χ3n) is 2.15. The number of aromatic nitrogens is 1. The zero-order valence-corrected chi connectivity index (χ0v) is 10.2. The second kappa shape index (κ2) is 5.16. The van der Waals surface area contributed by atoms with Gasteiger partial charge in [-0.3, -0.25) is 0 Å². The number of anilines is 2. The van der Waals surface area contributed by atoms with Crippen LogP contribution < -0.4 is 11.1 Å². The van der Waals surface area contributed by atoms with Gasteiger partial charge in [0.15, 0.2) is 0 Å². The van der Waals surface area contributed by atoms with Gasteiger partial charge in [0.25, 0.3) is 0 Å². The minimum absolute atomic E-state index is 0.129. The lowest BCUT2D eigenvalue weighted by Crippen LogP contribution is -2.25. The van der Waals surface area contributed by atoms with E-state index in [1.54, 1.807) is 18.3 Å². The van der Waals surface area contributed by atoms with E-state index in [0.29, 0.717) is 18.1 Å². The number of nitrogens with two attached hydrogens (primary N) is 1. The van der Waals surface area contributed by atoms with E-state index in [9.17, 15) is 5.11 Å². The van der Waals surface area contributed by atoms with Gasteiger partial charge < -0.3 is 16.2 Å². The Labute approximate surface area is 96.9 Å². The van der Waals surface area contributed by atoms with E-state index in [2.05, 4.69) is 31.1 Å². The number of hydrogen-bond acceptors (Lipinski definition) is 4. The van der Waals surface area contributed by atoms with Crippen molar-refractivity contribution < 1.29 is 5.11 Å². The predicted molar refractivity (Wildman–Crippen MR) is 67.2 cm³/mol. The maximum absolute atomic E-state index is 9.79. The molecule has 0 aromatic carbocycles. The number of aliphatic hydroxyl groups excluding tert-OH is 1. The van der Waals surface area contributed by atoms with Gasteiger partial charge in [-0.25, -0.2) is 4.98 Å². The lowest BCUT2D eigenvalue weighted by Gasteiger charge is -2.22. The van der Waals surface area contributed by atoms with Crippen LogP contribution in [0.1, 0.15) is 27.2 Å². The molecular weight excluding hydrogens is 202 g/mol. The molecule has 0 aliphatic heterocycles. The molecule has 4 heteroatoms. The number of aliphatic hydroxyl groups is 1. The van der Waals surface area contributed by atoms with Crippen LogP contribution in [0, 0.1) is 5.41 Å². The number of nitrogens with zero attached hydrogens (tertiary/aromatic N) is 1. The number of nitrogen functional groups attached to an aromatic ring is 1. The lowest BCUT2D eigenvalue weighted by molar-refractivity contribution is 0.132. The Morgan fingerprint density at radius 1 is 1.50 bits per heavy atom. The van der Waals surface area contributed by atoms with E-state index in [0.717, 1.165) is 6.42 Å². The molecular formula is C12H21N3O. The molecule has 4 nitrogen and oxygen atoms in total. The highest BCUT2D eigenvalue weighted by atomic mass is 16.3. The predicted octanol–water partition coefficient (Wildman–Crippen LogP) is 1.87. The SMILES string of the molecule is CC(C)(C)CC(O)CNc1cc(N)ccn1. The van der Waals surface area contributed by atoms with Gasteiger partial charge in [-0.15, -0.1) is 0 Å². The van der Waals surface area contributed by atoms with Gasteiger partial charge in [-0.1, -0.05) is 20.8 Å². The van der Waals surface area contributed by atoms with Crippen LogP contribution >= 0.6 is 0 Å². The van der Waals surface area contributed by atoms with Crippen molar-refractivity contribution >= 4 is 11.5 Å². The number of pyridine rings is 1. The summed E-state index contributed by atoms with van der Waals surface area (Å²) in [6.07, 6.45) is 2.03. The van der Waals surface area contributed by atoms with Crippen LogP contribution in [-0.2, 0) is 0 Å². The topological polar surface area (TPSA) is 71.2 Å². The molecule has 0 radical (unpaired) electrons. The molecule has 16 heavy (non-hydrogen) atoms. The van der Waals surface area contributed by atoms with Gasteiger partial charge in [0.2, 0.25) is 0 Å². The van der Waals surface area contributed by atoms with Crippen molar-refractivity contribution in [2.45, 2.75) is 33.3 Å². The molecule has 4 N–H and O–H groups in total. The molecule has 1 heterocycles. The van der Waals surface area contributed by atoms with Gasteiger partial charge in [0.05, 0.1) is 6.10 Å². The molecule has 0 fully saturated rings. The van der Waals surface area contributed by atoms with Crippen LogP contribution in [0.3, 0.4) is 0 Å². The van der Waals surface area contributed by atoms with E-state index < -0.39 is 0 Å². The van der Waals surface area contributed by atoms with E-state index in [-0.39, 0.29) is 11.5 Å². The Kier molecular flexibility index (Phi) is 4.12. The fourth-order valence-electron chi connectivity index (χ4n) is 1.54. The van der Waals surface area contributed by atoms with Crippen LogP contribution in [0.15, 0.2) is 18.3 Å². The van der Waals surface area contributed by atoms with Crippen LogP contribution in [-0.4, -0.2) is 22.7 Å². The minimum atomic E-state index is -0.372. The Balaban J connectivity index is 2.40. The van der Waals surface area contributed by atoms with Crippen molar-refractivity contribution in [2.24, 2.45) is 5.41 Å². The first kappa shape index (κ1) is 12.8. The van der Waals surface area contributed by atoms with E-state index in [1.165, 1.54) is 0 Å². The van der Waals surface area contributed by atoms with Gasteiger partial charge >= 0.3 is 0 Å². The molecule has 0 saturated carbocycles. The summed E-state index contributed by atoms with van der Waals surface area (Å²) < 4.78 is 0. The molecule has 0 bridgehead atoms. The number of nitrogens with one attached hydrogen (secondary N) is 1. The van der Waals surface area contributed by atoms with E-state index in [1.807, 2.05) is 0 Å². The average molecular weight is 223 g/mol. The fourth-order valence-corrected chi connectivity index (χ4v) is 1.54. The van der Waals surface area contributed by atoms with E-state index in [4.69, 9.17) is 5.73 Å². The molecule has 0 saturated heterocycles. The summed E-state index contributed by atoms with van der Waals surface area (Å²) in [7, 11) is 0. The Morgan fingerprint density at radius 3 is 2.75 bits per heavy atom. The molecule has 1 aromatic heterocycles. The second-order valence-corrected chi connectivity index (χ2v) is 5.27. The zero-order chi connectivity index (χ0) is 12.2. The molecule has 1 aromatic rings. The Bertz CT molecular complexity index is 333. The molecule has 1 unspecified atom stereocenters. The normalized spacial score (nSPS) is 13.5. The van der Waals surface area contributed by atoms with Gasteiger partial charge in [0.1, 0.15) is 5.82 Å². The quantitative estimate of drug-likeness (QED) is 0.728. The first-order valence-electron chi connectivity index (χ1n) is 5.50. The highest BCUT2D eigenvalue weighted by Gasteiger charge is 2.16. The summed E-state index contributed by atoms with van der Waals surface area (Å²) in [5.74, 6) is 0.702. The minimum Gasteiger partial charge on any atom is -0.399 e. The van der Waals surface area contributed by atoms with Crippen molar-refractivity contribution in [3.63, 3.8) is 0 Å². The smallest absolute Gasteiger partial charge is 0.128 e. The van der Waals surface area contributed by atoms with Crippen LogP contribution in [0.4, 0.5) is 11.5 Å². The number of rotatable bonds is 4. The van der Waals surface area contributed by atoms with Crippen LogP contribution in [0.5, 0.6) is 0 Å². The van der Waals surface area contributed by atoms with Gasteiger partial charge in [-0.2, -0.15) is 0 Å². The highest BCUT2D eigenvalue weighted by Crippen LogP contribution is 2.20. The van der Waals surface area contributed by atoms with Crippen molar-refractivity contribution in [1.82, 2.24) is 4.98 Å². The fraction of sp³-hybridized carbons (Fsp3) is 0.583. The van der Waals surface area contributed by atoms with E-state index >= 15 is 0 Å². The molecule has 0 spiro atoms. The summed E-state index contributed by atoms with van der Waals surface area (Å²) in [6.45, 7) is 6.81. The van der Waals surface area contributed by atoms with Crippen molar-refractivity contribution in [2.75, 3.05) is 17.6 Å². The molecule has 0 aliphatic carbocycles. The van der Waals surface area contributed by atoms with Gasteiger partial charge in [0, 0.05) is 24.5 Å². The zero-order valence-electron chi connectivity index (χ0n) is 10.2. The second-order valence-electron chi connectivity index (χ2n) is 5.27. The third-order valence-corrected chi connectivity index (χ3v) is 2.15. The Hall–Kier alpha value is -1.29. The monoisotopic (exact) mass is 223 g/mol. The third kappa shape index (κ3) is 4.98. The summed E-state index contributed by atoms with van der Waals surface area (Å²) in [5, 5.41) is 12.9. The summed E-state index contributed by atoms with van der Waals surface area (Å²) in [4.78, 5) is 4.11. The molecule has 90 valence electrons. The Morgan fingerprint density at radius 2 is 2.19 bits per heavy atom. The van der Waals surface area contributed by atoms with Crippen molar-refractivity contribution in [3.8, 4) is 0 Å². The van der Waals surface area contributed by atoms with Crippen LogP contribution in [0.2, 0.25) is 0 Å².